The number of carbonyl (C=O) groups is 2. The van der Waals surface area contributed by atoms with E-state index in [9.17, 15) is 9.59 Å². The summed E-state index contributed by atoms with van der Waals surface area (Å²) in [5, 5.41) is 0.931. The van der Waals surface area contributed by atoms with Gasteiger partial charge in [-0.05, 0) is 73.7 Å². The van der Waals surface area contributed by atoms with Crippen molar-refractivity contribution < 1.29 is 14.3 Å². The molecule has 2 aliphatic heterocycles. The number of methoxy groups -OCH3 is 1. The lowest BCUT2D eigenvalue weighted by molar-refractivity contribution is -0.126. The van der Waals surface area contributed by atoms with Crippen LogP contribution in [0.1, 0.15) is 47.2 Å². The Balaban J connectivity index is 1.40. The minimum Gasteiger partial charge on any atom is -0.497 e. The summed E-state index contributed by atoms with van der Waals surface area (Å²) >= 11 is 12.7. The van der Waals surface area contributed by atoms with Gasteiger partial charge in [0.15, 0.2) is 0 Å². The van der Waals surface area contributed by atoms with Crippen molar-refractivity contribution in [1.29, 1.82) is 0 Å². The fourth-order valence-electron chi connectivity index (χ4n) is 6.59. The average molecular weight is 581 g/mol. The number of hydrogen-bond acceptors (Lipinski definition) is 4. The number of hydrogen-bond donors (Lipinski definition) is 1. The van der Waals surface area contributed by atoms with Crippen LogP contribution in [0.25, 0.3) is 0 Å². The van der Waals surface area contributed by atoms with Gasteiger partial charge >= 0.3 is 0 Å². The van der Waals surface area contributed by atoms with Crippen molar-refractivity contribution in [3.05, 3.63) is 99.5 Å². The van der Waals surface area contributed by atoms with Crippen LogP contribution in [0.4, 0.5) is 0 Å². The Hall–Kier alpha value is -3.06. The Morgan fingerprint density at radius 3 is 2.45 bits per heavy atom. The largest absolute Gasteiger partial charge is 0.497 e. The van der Waals surface area contributed by atoms with Gasteiger partial charge in [-0.1, -0.05) is 65.7 Å². The van der Waals surface area contributed by atoms with Crippen molar-refractivity contribution in [2.45, 2.75) is 37.1 Å². The maximum absolute atomic E-state index is 13.3. The Morgan fingerprint density at radius 2 is 1.75 bits per heavy atom. The molecule has 5 rings (SSSR count). The van der Waals surface area contributed by atoms with Crippen molar-refractivity contribution in [2.24, 2.45) is 11.7 Å². The van der Waals surface area contributed by atoms with Crippen molar-refractivity contribution >= 4 is 35.0 Å². The molecule has 0 spiro atoms. The molecule has 2 saturated heterocycles. The first-order valence-corrected chi connectivity index (χ1v) is 14.5. The van der Waals surface area contributed by atoms with Gasteiger partial charge in [0.05, 0.1) is 22.6 Å². The number of likely N-dealkylation sites (tertiary alicyclic amines) is 2. The van der Waals surface area contributed by atoms with E-state index in [1.54, 1.807) is 19.2 Å². The smallest absolute Gasteiger partial charge is 0.253 e. The van der Waals surface area contributed by atoms with E-state index in [1.165, 1.54) is 0 Å². The van der Waals surface area contributed by atoms with Crippen molar-refractivity contribution in [3.63, 3.8) is 0 Å². The van der Waals surface area contributed by atoms with Crippen LogP contribution < -0.4 is 10.5 Å². The van der Waals surface area contributed by atoms with Crippen LogP contribution in [0, 0.1) is 5.92 Å². The van der Waals surface area contributed by atoms with Gasteiger partial charge in [-0.25, -0.2) is 0 Å². The lowest BCUT2D eigenvalue weighted by Crippen LogP contribution is -2.57. The highest BCUT2D eigenvalue weighted by Gasteiger charge is 2.51. The highest BCUT2D eigenvalue weighted by atomic mass is 35.5. The maximum atomic E-state index is 13.3. The molecule has 0 saturated carbocycles. The fourth-order valence-corrected chi connectivity index (χ4v) is 6.89. The van der Waals surface area contributed by atoms with E-state index in [-0.39, 0.29) is 23.8 Å². The van der Waals surface area contributed by atoms with Gasteiger partial charge in [0, 0.05) is 37.2 Å². The third-order valence-electron chi connectivity index (χ3n) is 8.97. The summed E-state index contributed by atoms with van der Waals surface area (Å²) in [6.07, 6.45) is 1.51. The number of amides is 2. The molecule has 0 radical (unpaired) electrons. The van der Waals surface area contributed by atoms with Crippen LogP contribution in [0.5, 0.6) is 5.75 Å². The van der Waals surface area contributed by atoms with Gasteiger partial charge in [0.2, 0.25) is 5.91 Å². The summed E-state index contributed by atoms with van der Waals surface area (Å²) in [7, 11) is 1.60. The van der Waals surface area contributed by atoms with Gasteiger partial charge < -0.3 is 15.4 Å². The Bertz CT molecular complexity index is 1380. The fraction of sp³-hybridized carbons (Fsp3) is 0.375. The molecule has 3 aromatic rings. The van der Waals surface area contributed by atoms with Crippen LogP contribution in [0.2, 0.25) is 10.0 Å². The molecule has 4 unspecified atom stereocenters. The molecule has 0 aromatic heterocycles. The lowest BCUT2D eigenvalue weighted by Gasteiger charge is -2.49. The van der Waals surface area contributed by atoms with Crippen LogP contribution in [0.3, 0.4) is 0 Å². The normalized spacial score (nSPS) is 24.1. The number of nitrogens with zero attached hydrogens (tertiary/aromatic N) is 2. The first kappa shape index (κ1) is 28.5. The number of ether oxygens (including phenoxy) is 1. The monoisotopic (exact) mass is 579 g/mol. The molecule has 0 bridgehead atoms. The van der Waals surface area contributed by atoms with Crippen LogP contribution >= 0.6 is 23.2 Å². The van der Waals surface area contributed by atoms with Crippen LogP contribution in [0.15, 0.2) is 72.8 Å². The minimum absolute atomic E-state index is 0.0257. The average Bonchev–Trinajstić information content (AvgIpc) is 3.48. The first-order valence-electron chi connectivity index (χ1n) is 13.7. The Kier molecular flexibility index (Phi) is 8.41. The van der Waals surface area contributed by atoms with Gasteiger partial charge in [-0.3, -0.25) is 14.5 Å². The number of piperidine rings is 1. The molecule has 4 atom stereocenters. The topological polar surface area (TPSA) is 75.9 Å². The quantitative estimate of drug-likeness (QED) is 0.386. The SMILES string of the molecule is COc1cccc(C(=O)N2CCC(C(C)N3CCC(C(N)=O)(c4ccccc4)C(c4ccc(Cl)c(Cl)c4)C3)C2)c1. The van der Waals surface area contributed by atoms with E-state index in [0.29, 0.717) is 53.3 Å². The van der Waals surface area contributed by atoms with Gasteiger partial charge in [-0.15, -0.1) is 0 Å². The van der Waals surface area contributed by atoms with Crippen molar-refractivity contribution in [1.82, 2.24) is 9.80 Å². The van der Waals surface area contributed by atoms with Gasteiger partial charge in [0.25, 0.3) is 5.91 Å². The molecule has 2 heterocycles. The molecular formula is C32H35Cl2N3O3. The molecule has 6 nitrogen and oxygen atoms in total. The van der Waals surface area contributed by atoms with Crippen molar-refractivity contribution in [3.8, 4) is 5.75 Å². The van der Waals surface area contributed by atoms with Crippen LogP contribution in [-0.4, -0.2) is 60.9 Å². The summed E-state index contributed by atoms with van der Waals surface area (Å²) in [6, 6.07) is 23.0. The van der Waals surface area contributed by atoms with E-state index in [4.69, 9.17) is 33.7 Å². The number of halogens is 2. The summed E-state index contributed by atoms with van der Waals surface area (Å²) in [5.41, 5.74) is 7.85. The summed E-state index contributed by atoms with van der Waals surface area (Å²) in [4.78, 5) is 31.0. The summed E-state index contributed by atoms with van der Waals surface area (Å²) in [5.74, 6) is 0.458. The molecule has 2 aliphatic rings. The molecule has 210 valence electrons. The zero-order valence-corrected chi connectivity index (χ0v) is 24.4. The lowest BCUT2D eigenvalue weighted by atomic mass is 9.62. The zero-order valence-electron chi connectivity index (χ0n) is 22.9. The molecule has 2 amide bonds. The molecule has 40 heavy (non-hydrogen) atoms. The second-order valence-corrected chi connectivity index (χ2v) is 11.8. The highest BCUT2D eigenvalue weighted by molar-refractivity contribution is 6.42. The summed E-state index contributed by atoms with van der Waals surface area (Å²) < 4.78 is 5.31. The number of nitrogens with two attached hydrogens (primary N) is 1. The third kappa shape index (κ3) is 5.32. The van der Waals surface area contributed by atoms with E-state index in [1.807, 2.05) is 65.6 Å². The zero-order chi connectivity index (χ0) is 28.4. The molecular weight excluding hydrogens is 545 g/mol. The molecule has 2 fully saturated rings. The van der Waals surface area contributed by atoms with E-state index < -0.39 is 5.41 Å². The molecule has 0 aliphatic carbocycles. The number of rotatable bonds is 7. The maximum Gasteiger partial charge on any atom is 0.253 e. The second kappa shape index (κ2) is 11.8. The van der Waals surface area contributed by atoms with Crippen LogP contribution in [-0.2, 0) is 10.2 Å². The number of benzene rings is 3. The Labute approximate surface area is 246 Å². The van der Waals surface area contributed by atoms with E-state index in [2.05, 4.69) is 11.8 Å². The van der Waals surface area contributed by atoms with Gasteiger partial charge in [-0.2, -0.15) is 0 Å². The van der Waals surface area contributed by atoms with E-state index >= 15 is 0 Å². The highest BCUT2D eigenvalue weighted by Crippen LogP contribution is 2.47. The predicted octanol–water partition coefficient (Wildman–Crippen LogP) is 5.77. The van der Waals surface area contributed by atoms with E-state index in [0.717, 1.165) is 24.1 Å². The third-order valence-corrected chi connectivity index (χ3v) is 9.71. The first-order chi connectivity index (χ1) is 19.2. The molecule has 2 N–H and O–H groups in total. The number of carbonyl (C=O) groups excluding carboxylic acids is 2. The van der Waals surface area contributed by atoms with Crippen molar-refractivity contribution in [2.75, 3.05) is 33.3 Å². The molecule has 3 aromatic carbocycles. The minimum atomic E-state index is -0.876. The second-order valence-electron chi connectivity index (χ2n) is 10.9. The summed E-state index contributed by atoms with van der Waals surface area (Å²) in [6.45, 7) is 4.99. The Morgan fingerprint density at radius 1 is 0.975 bits per heavy atom. The van der Waals surface area contributed by atoms with Gasteiger partial charge in [0.1, 0.15) is 5.75 Å². The number of primary amides is 1. The molecule has 8 heteroatoms. The standard InChI is InChI=1S/C32H35Cl2N3O3/c1-21(24-13-15-37(19-24)30(38)23-7-6-10-26(17-23)40-2)36-16-14-32(31(35)39,25-8-4-3-5-9-25)27(20-36)22-11-12-28(33)29(34)18-22/h3-12,17-18,21,24,27H,13-16,19-20H2,1-2H3,(H2,35,39). The predicted molar refractivity (Wildman–Crippen MR) is 159 cm³/mol.